The molecule has 38 heavy (non-hydrogen) atoms. The summed E-state index contributed by atoms with van der Waals surface area (Å²) in [5.74, 6) is -3.64. The predicted molar refractivity (Wildman–Crippen MR) is 133 cm³/mol. The molecule has 0 bridgehead atoms. The molecule has 0 saturated carbocycles. The van der Waals surface area contributed by atoms with E-state index in [0.29, 0.717) is 22.0 Å². The van der Waals surface area contributed by atoms with Crippen LogP contribution in [0.3, 0.4) is 0 Å². The van der Waals surface area contributed by atoms with E-state index in [-0.39, 0.29) is 33.4 Å². The molecule has 4 N–H and O–H groups in total. The molecule has 0 spiro atoms. The second kappa shape index (κ2) is 8.79. The van der Waals surface area contributed by atoms with E-state index in [1.54, 1.807) is 26.1 Å². The lowest BCUT2D eigenvalue weighted by Crippen LogP contribution is -2.10. The second-order valence-corrected chi connectivity index (χ2v) is 9.31. The number of rotatable bonds is 6. The first-order valence-electron chi connectivity index (χ1n) is 11.5. The summed E-state index contributed by atoms with van der Waals surface area (Å²) in [7, 11) is 0. The number of aliphatic carboxylic acids is 1. The molecular formula is C27H21F4N3O4. The topological polar surface area (TPSA) is 111 Å². The SMILES string of the molecule is CC(C)c1c(-c2cc(F)cc3[nH]ccc23)[nH]c(C(=O)O)c1-c1cc(C(F)(F)F)cc2c1ccn2CC(=O)O. The van der Waals surface area contributed by atoms with E-state index in [1.165, 1.54) is 24.4 Å². The summed E-state index contributed by atoms with van der Waals surface area (Å²) >= 11 is 0. The molecule has 11 heteroatoms. The quantitative estimate of drug-likeness (QED) is 0.181. The molecule has 0 atom stereocenters. The Morgan fingerprint density at radius 1 is 1.03 bits per heavy atom. The molecule has 3 heterocycles. The summed E-state index contributed by atoms with van der Waals surface area (Å²) < 4.78 is 57.7. The van der Waals surface area contributed by atoms with Gasteiger partial charge in [0.2, 0.25) is 0 Å². The summed E-state index contributed by atoms with van der Waals surface area (Å²) in [6.07, 6.45) is -1.84. The Morgan fingerprint density at radius 2 is 1.76 bits per heavy atom. The Kier molecular flexibility index (Phi) is 5.81. The molecule has 0 unspecified atom stereocenters. The number of aromatic carboxylic acids is 1. The average molecular weight is 527 g/mol. The number of aromatic amines is 2. The Hall–Kier alpha value is -4.54. The van der Waals surface area contributed by atoms with Crippen molar-refractivity contribution in [2.75, 3.05) is 0 Å². The fraction of sp³-hybridized carbons (Fsp3) is 0.185. The van der Waals surface area contributed by atoms with Gasteiger partial charge in [0.1, 0.15) is 18.1 Å². The van der Waals surface area contributed by atoms with Crippen LogP contribution in [0.4, 0.5) is 17.6 Å². The molecular weight excluding hydrogens is 506 g/mol. The first kappa shape index (κ1) is 25.1. The van der Waals surface area contributed by atoms with Crippen molar-refractivity contribution in [3.8, 4) is 22.4 Å². The van der Waals surface area contributed by atoms with Crippen LogP contribution in [0.1, 0.15) is 41.4 Å². The second-order valence-electron chi connectivity index (χ2n) is 9.31. The number of fused-ring (bicyclic) bond motifs is 2. The van der Waals surface area contributed by atoms with Gasteiger partial charge >= 0.3 is 18.1 Å². The van der Waals surface area contributed by atoms with Crippen molar-refractivity contribution < 1.29 is 37.4 Å². The van der Waals surface area contributed by atoms with Gasteiger partial charge in [-0.05, 0) is 53.4 Å². The van der Waals surface area contributed by atoms with Crippen LogP contribution in [0, 0.1) is 5.82 Å². The largest absolute Gasteiger partial charge is 0.480 e. The van der Waals surface area contributed by atoms with Crippen molar-refractivity contribution in [2.24, 2.45) is 0 Å². The summed E-state index contributed by atoms with van der Waals surface area (Å²) in [4.78, 5) is 29.6. The number of benzene rings is 2. The van der Waals surface area contributed by atoms with Crippen molar-refractivity contribution in [2.45, 2.75) is 32.5 Å². The maximum Gasteiger partial charge on any atom is 0.416 e. The highest BCUT2D eigenvalue weighted by Crippen LogP contribution is 2.46. The molecule has 0 fully saturated rings. The molecule has 2 aromatic carbocycles. The highest BCUT2D eigenvalue weighted by atomic mass is 19.4. The lowest BCUT2D eigenvalue weighted by Gasteiger charge is -2.16. The number of alkyl halides is 3. The zero-order valence-corrected chi connectivity index (χ0v) is 20.1. The third-order valence-corrected chi connectivity index (χ3v) is 6.52. The van der Waals surface area contributed by atoms with Crippen LogP contribution in [0.25, 0.3) is 44.2 Å². The van der Waals surface area contributed by atoms with E-state index in [1.807, 2.05) is 0 Å². The molecule has 0 amide bonds. The van der Waals surface area contributed by atoms with Gasteiger partial charge in [-0.1, -0.05) is 13.8 Å². The Balaban J connectivity index is 1.92. The molecule has 0 saturated heterocycles. The van der Waals surface area contributed by atoms with Crippen LogP contribution in [0.2, 0.25) is 0 Å². The van der Waals surface area contributed by atoms with Crippen molar-refractivity contribution in [1.29, 1.82) is 0 Å². The number of halogens is 4. The molecule has 7 nitrogen and oxygen atoms in total. The predicted octanol–water partition coefficient (Wildman–Crippen LogP) is 6.85. The van der Waals surface area contributed by atoms with E-state index in [4.69, 9.17) is 0 Å². The summed E-state index contributed by atoms with van der Waals surface area (Å²) in [5.41, 5.74) is 0.0596. The number of carboxylic acids is 2. The Morgan fingerprint density at radius 3 is 2.39 bits per heavy atom. The normalized spacial score (nSPS) is 12.2. The Labute approximate surface area is 212 Å². The van der Waals surface area contributed by atoms with Crippen LogP contribution in [0.15, 0.2) is 48.8 Å². The molecule has 0 aliphatic carbocycles. The fourth-order valence-electron chi connectivity index (χ4n) is 5.03. The van der Waals surface area contributed by atoms with Gasteiger partial charge in [0.05, 0.1) is 11.3 Å². The number of aromatic nitrogens is 3. The number of carboxylic acid groups (broad SMARTS) is 2. The molecule has 0 radical (unpaired) electrons. The maximum atomic E-state index is 14.6. The van der Waals surface area contributed by atoms with E-state index in [2.05, 4.69) is 9.97 Å². The van der Waals surface area contributed by atoms with Gasteiger partial charge in [0.15, 0.2) is 0 Å². The zero-order chi connectivity index (χ0) is 27.5. The number of hydrogen-bond acceptors (Lipinski definition) is 2. The van der Waals surface area contributed by atoms with Gasteiger partial charge < -0.3 is 24.7 Å². The van der Waals surface area contributed by atoms with E-state index >= 15 is 0 Å². The molecule has 196 valence electrons. The number of carbonyl (C=O) groups is 2. The van der Waals surface area contributed by atoms with Gasteiger partial charge in [-0.15, -0.1) is 0 Å². The highest BCUT2D eigenvalue weighted by Gasteiger charge is 2.34. The summed E-state index contributed by atoms with van der Waals surface area (Å²) in [6.45, 7) is 2.94. The van der Waals surface area contributed by atoms with Gasteiger partial charge in [-0.3, -0.25) is 4.79 Å². The van der Waals surface area contributed by atoms with Crippen LogP contribution < -0.4 is 0 Å². The molecule has 5 rings (SSSR count). The van der Waals surface area contributed by atoms with Crippen LogP contribution in [-0.4, -0.2) is 36.7 Å². The standard InChI is InChI=1S/C27H21F4N3O4/c1-12(2)22-23(17-7-13(27(29,30)31)8-20-16(17)4-6-34(20)11-21(35)36)25(26(37)38)33-24(22)18-9-14(28)10-19-15(18)3-5-32-19/h3-10,12,32-33H,11H2,1-2H3,(H,35,36)(H,37,38). The highest BCUT2D eigenvalue weighted by molar-refractivity contribution is 6.07. The lowest BCUT2D eigenvalue weighted by atomic mass is 9.88. The van der Waals surface area contributed by atoms with Gasteiger partial charge in [0, 0.05) is 45.3 Å². The first-order valence-corrected chi connectivity index (χ1v) is 11.5. The maximum absolute atomic E-state index is 14.6. The summed E-state index contributed by atoms with van der Waals surface area (Å²) in [5, 5.41) is 20.2. The van der Waals surface area contributed by atoms with Crippen LogP contribution in [0.5, 0.6) is 0 Å². The van der Waals surface area contributed by atoms with Crippen molar-refractivity contribution >= 4 is 33.7 Å². The van der Waals surface area contributed by atoms with E-state index in [9.17, 15) is 37.4 Å². The number of H-pyrrole nitrogens is 2. The average Bonchev–Trinajstić information content (AvgIpc) is 3.53. The fourth-order valence-corrected chi connectivity index (χ4v) is 5.03. The van der Waals surface area contributed by atoms with Crippen molar-refractivity contribution in [1.82, 2.24) is 14.5 Å². The lowest BCUT2D eigenvalue weighted by molar-refractivity contribution is -0.138. The molecule has 0 aliphatic heterocycles. The molecule has 3 aromatic heterocycles. The number of hydrogen-bond donors (Lipinski definition) is 4. The van der Waals surface area contributed by atoms with Crippen molar-refractivity contribution in [3.63, 3.8) is 0 Å². The minimum absolute atomic E-state index is 0.00944. The molecule has 5 aromatic rings. The third-order valence-electron chi connectivity index (χ3n) is 6.52. The van der Waals surface area contributed by atoms with Gasteiger partial charge in [0.25, 0.3) is 0 Å². The van der Waals surface area contributed by atoms with Gasteiger partial charge in [-0.2, -0.15) is 13.2 Å². The summed E-state index contributed by atoms with van der Waals surface area (Å²) in [6, 6.07) is 7.41. The monoisotopic (exact) mass is 527 g/mol. The first-order chi connectivity index (χ1) is 17.9. The smallest absolute Gasteiger partial charge is 0.416 e. The minimum atomic E-state index is -4.79. The molecule has 0 aliphatic rings. The number of nitrogens with zero attached hydrogens (tertiary/aromatic N) is 1. The van der Waals surface area contributed by atoms with E-state index in [0.717, 1.165) is 16.7 Å². The number of nitrogens with one attached hydrogen (secondary N) is 2. The van der Waals surface area contributed by atoms with Crippen LogP contribution >= 0.6 is 0 Å². The van der Waals surface area contributed by atoms with E-state index < -0.39 is 42.0 Å². The van der Waals surface area contributed by atoms with Gasteiger partial charge in [-0.25, -0.2) is 9.18 Å². The minimum Gasteiger partial charge on any atom is -0.480 e. The van der Waals surface area contributed by atoms with Crippen molar-refractivity contribution in [3.05, 3.63) is 71.4 Å². The Bertz CT molecular complexity index is 1740. The zero-order valence-electron chi connectivity index (χ0n) is 20.1. The third kappa shape index (κ3) is 4.09. The van der Waals surface area contributed by atoms with Crippen LogP contribution in [-0.2, 0) is 17.5 Å².